The Morgan fingerprint density at radius 3 is 2.52 bits per heavy atom. The van der Waals surface area contributed by atoms with Crippen LogP contribution in [0.3, 0.4) is 0 Å². The van der Waals surface area contributed by atoms with E-state index in [4.69, 9.17) is 15.2 Å². The lowest BCUT2D eigenvalue weighted by molar-refractivity contribution is 0.0696. The van der Waals surface area contributed by atoms with E-state index >= 15 is 0 Å². The summed E-state index contributed by atoms with van der Waals surface area (Å²) < 4.78 is 10.7. The number of aromatic nitrogens is 2. The van der Waals surface area contributed by atoms with Gasteiger partial charge in [-0.2, -0.15) is 0 Å². The third-order valence-electron chi connectivity index (χ3n) is 3.15. The fraction of sp³-hybridized carbons (Fsp3) is 0.312. The number of carboxylic acids is 1. The molecular formula is C16H19N3O4. The summed E-state index contributed by atoms with van der Waals surface area (Å²) in [6, 6.07) is 6.98. The molecule has 23 heavy (non-hydrogen) atoms. The van der Waals surface area contributed by atoms with Gasteiger partial charge in [0.05, 0.1) is 18.0 Å². The predicted molar refractivity (Wildman–Crippen MR) is 85.6 cm³/mol. The number of nitrogen functional groups attached to an aromatic ring is 1. The second kappa shape index (κ2) is 7.55. The van der Waals surface area contributed by atoms with Crippen LogP contribution < -0.4 is 10.5 Å². The second-order valence-corrected chi connectivity index (χ2v) is 4.77. The minimum Gasteiger partial charge on any atom is -0.491 e. The number of rotatable bonds is 7. The largest absolute Gasteiger partial charge is 0.491 e. The van der Waals surface area contributed by atoms with E-state index in [1.165, 1.54) is 0 Å². The highest BCUT2D eigenvalue weighted by atomic mass is 16.5. The van der Waals surface area contributed by atoms with Crippen molar-refractivity contribution in [1.82, 2.24) is 9.97 Å². The molecule has 0 saturated heterocycles. The minimum absolute atomic E-state index is 0.0412. The Hall–Kier alpha value is -2.67. The van der Waals surface area contributed by atoms with Crippen LogP contribution in [0.25, 0.3) is 11.3 Å². The molecule has 1 aromatic heterocycles. The number of hydrogen-bond acceptors (Lipinski definition) is 6. The summed E-state index contributed by atoms with van der Waals surface area (Å²) in [6.45, 7) is 5.13. The summed E-state index contributed by atoms with van der Waals surface area (Å²) in [4.78, 5) is 19.4. The molecule has 1 heterocycles. The van der Waals surface area contributed by atoms with Gasteiger partial charge >= 0.3 is 5.97 Å². The first-order chi connectivity index (χ1) is 11.0. The van der Waals surface area contributed by atoms with E-state index < -0.39 is 5.97 Å². The second-order valence-electron chi connectivity index (χ2n) is 4.77. The summed E-state index contributed by atoms with van der Waals surface area (Å²) in [7, 11) is 0. The van der Waals surface area contributed by atoms with Gasteiger partial charge < -0.3 is 20.3 Å². The number of benzene rings is 1. The van der Waals surface area contributed by atoms with E-state index in [0.29, 0.717) is 42.5 Å². The predicted octanol–water partition coefficient (Wildman–Crippen LogP) is 2.15. The van der Waals surface area contributed by atoms with Crippen LogP contribution in [0.2, 0.25) is 0 Å². The summed E-state index contributed by atoms with van der Waals surface area (Å²) in [5, 5.41) is 9.36. The Bertz CT molecular complexity index is 686. The molecule has 0 unspecified atom stereocenters. The van der Waals surface area contributed by atoms with Gasteiger partial charge in [-0.15, -0.1) is 0 Å². The number of hydrogen-bond donors (Lipinski definition) is 2. The zero-order valence-corrected chi connectivity index (χ0v) is 13.1. The van der Waals surface area contributed by atoms with Crippen molar-refractivity contribution in [3.63, 3.8) is 0 Å². The number of ether oxygens (including phenoxy) is 2. The van der Waals surface area contributed by atoms with E-state index in [-0.39, 0.29) is 11.5 Å². The fourth-order valence-electron chi connectivity index (χ4n) is 2.13. The van der Waals surface area contributed by atoms with Gasteiger partial charge in [-0.3, -0.25) is 0 Å². The van der Waals surface area contributed by atoms with Gasteiger partial charge in [0.25, 0.3) is 0 Å². The Morgan fingerprint density at radius 1 is 1.22 bits per heavy atom. The first-order valence-electron chi connectivity index (χ1n) is 7.21. The van der Waals surface area contributed by atoms with Crippen LogP contribution in [0, 0.1) is 6.92 Å². The van der Waals surface area contributed by atoms with Crippen LogP contribution in [0.1, 0.15) is 23.0 Å². The first-order valence-corrected chi connectivity index (χ1v) is 7.21. The zero-order valence-electron chi connectivity index (χ0n) is 13.1. The van der Waals surface area contributed by atoms with E-state index in [1.807, 2.05) is 6.92 Å². The smallest absolute Gasteiger partial charge is 0.339 e. The molecule has 0 atom stereocenters. The molecule has 0 radical (unpaired) electrons. The molecule has 0 aliphatic heterocycles. The van der Waals surface area contributed by atoms with Crippen LogP contribution in [0.15, 0.2) is 24.3 Å². The third-order valence-corrected chi connectivity index (χ3v) is 3.15. The summed E-state index contributed by atoms with van der Waals surface area (Å²) in [6.07, 6.45) is 0. The van der Waals surface area contributed by atoms with Crippen molar-refractivity contribution < 1.29 is 19.4 Å². The van der Waals surface area contributed by atoms with Crippen LogP contribution >= 0.6 is 0 Å². The average molecular weight is 317 g/mol. The summed E-state index contributed by atoms with van der Waals surface area (Å²) in [5.74, 6) is -0.377. The van der Waals surface area contributed by atoms with Gasteiger partial charge in [0, 0.05) is 12.2 Å². The van der Waals surface area contributed by atoms with Crippen molar-refractivity contribution in [2.24, 2.45) is 0 Å². The molecule has 122 valence electrons. The lowest BCUT2D eigenvalue weighted by Gasteiger charge is -2.10. The number of anilines is 1. The zero-order chi connectivity index (χ0) is 16.8. The molecule has 7 heteroatoms. The highest BCUT2D eigenvalue weighted by Crippen LogP contribution is 2.26. The van der Waals surface area contributed by atoms with Gasteiger partial charge in [-0.1, -0.05) is 0 Å². The molecule has 0 aliphatic rings. The Morgan fingerprint density at radius 2 is 1.91 bits per heavy atom. The van der Waals surface area contributed by atoms with Crippen molar-refractivity contribution in [3.8, 4) is 17.0 Å². The molecule has 2 rings (SSSR count). The van der Waals surface area contributed by atoms with E-state index in [9.17, 15) is 9.90 Å². The maximum atomic E-state index is 11.4. The third kappa shape index (κ3) is 4.17. The first kappa shape index (κ1) is 16.7. The normalized spacial score (nSPS) is 10.5. The molecule has 0 bridgehead atoms. The molecular weight excluding hydrogens is 298 g/mol. The summed E-state index contributed by atoms with van der Waals surface area (Å²) in [5.41, 5.74) is 6.94. The highest BCUT2D eigenvalue weighted by Gasteiger charge is 2.18. The average Bonchev–Trinajstić information content (AvgIpc) is 2.51. The van der Waals surface area contributed by atoms with Gasteiger partial charge in [-0.25, -0.2) is 14.8 Å². The van der Waals surface area contributed by atoms with E-state index in [0.717, 1.165) is 0 Å². The van der Waals surface area contributed by atoms with Crippen LogP contribution in [0.5, 0.6) is 5.75 Å². The minimum atomic E-state index is -1.09. The molecule has 7 nitrogen and oxygen atoms in total. The number of nitrogens with two attached hydrogens (primary N) is 1. The molecule has 0 aliphatic carbocycles. The molecule has 1 aromatic carbocycles. The maximum absolute atomic E-state index is 11.4. The van der Waals surface area contributed by atoms with Gasteiger partial charge in [0.1, 0.15) is 17.9 Å². The van der Waals surface area contributed by atoms with Crippen molar-refractivity contribution in [3.05, 3.63) is 35.5 Å². The lowest BCUT2D eigenvalue weighted by Crippen LogP contribution is -2.09. The quantitative estimate of drug-likeness (QED) is 0.753. The monoisotopic (exact) mass is 317 g/mol. The lowest BCUT2D eigenvalue weighted by atomic mass is 10.0. The fourth-order valence-corrected chi connectivity index (χ4v) is 2.13. The molecule has 0 spiro atoms. The Labute approximate surface area is 134 Å². The number of carbonyl (C=O) groups is 1. The van der Waals surface area contributed by atoms with Crippen LogP contribution in [-0.2, 0) is 4.74 Å². The SMILES string of the molecule is CCOCCOc1ccc(-c2nc(N)nc(C)c2C(=O)O)cc1. The van der Waals surface area contributed by atoms with Gasteiger partial charge in [0.15, 0.2) is 0 Å². The number of nitrogens with zero attached hydrogens (tertiary/aromatic N) is 2. The van der Waals surface area contributed by atoms with Crippen molar-refractivity contribution in [2.75, 3.05) is 25.6 Å². The van der Waals surface area contributed by atoms with Crippen molar-refractivity contribution >= 4 is 11.9 Å². The van der Waals surface area contributed by atoms with Gasteiger partial charge in [-0.05, 0) is 38.1 Å². The molecule has 0 fully saturated rings. The standard InChI is InChI=1S/C16H19N3O4/c1-3-22-8-9-23-12-6-4-11(5-7-12)14-13(15(20)21)10(2)18-16(17)19-14/h4-7H,3,8-9H2,1-2H3,(H,20,21)(H2,17,18,19). The van der Waals surface area contributed by atoms with E-state index in [1.54, 1.807) is 31.2 Å². The molecule has 2 aromatic rings. The summed E-state index contributed by atoms with van der Waals surface area (Å²) >= 11 is 0. The topological polar surface area (TPSA) is 108 Å². The van der Waals surface area contributed by atoms with Crippen LogP contribution in [-0.4, -0.2) is 40.9 Å². The number of aromatic carboxylic acids is 1. The van der Waals surface area contributed by atoms with E-state index in [2.05, 4.69) is 9.97 Å². The molecule has 0 saturated carbocycles. The van der Waals surface area contributed by atoms with Crippen LogP contribution in [0.4, 0.5) is 5.95 Å². The van der Waals surface area contributed by atoms with Gasteiger partial charge in [0.2, 0.25) is 5.95 Å². The number of carboxylic acid groups (broad SMARTS) is 1. The maximum Gasteiger partial charge on any atom is 0.339 e. The molecule has 0 amide bonds. The number of aryl methyl sites for hydroxylation is 1. The molecule has 3 N–H and O–H groups in total. The van der Waals surface area contributed by atoms with Crippen molar-refractivity contribution in [1.29, 1.82) is 0 Å². The van der Waals surface area contributed by atoms with Crippen molar-refractivity contribution in [2.45, 2.75) is 13.8 Å². The Kier molecular flexibility index (Phi) is 5.48. The highest BCUT2D eigenvalue weighted by molar-refractivity contribution is 5.96. The Balaban J connectivity index is 2.24.